The number of amides is 2. The van der Waals surface area contributed by atoms with Gasteiger partial charge in [-0.1, -0.05) is 42.5 Å². The van der Waals surface area contributed by atoms with Gasteiger partial charge >= 0.3 is 7.12 Å². The van der Waals surface area contributed by atoms with E-state index in [2.05, 4.69) is 16.7 Å². The molecule has 0 radical (unpaired) electrons. The second-order valence-corrected chi connectivity index (χ2v) is 8.85. The molecule has 0 aliphatic heterocycles. The molecule has 10 heteroatoms. The Morgan fingerprint density at radius 1 is 1.19 bits per heavy atom. The van der Waals surface area contributed by atoms with E-state index in [0.29, 0.717) is 30.7 Å². The van der Waals surface area contributed by atoms with Gasteiger partial charge in [-0.05, 0) is 56.5 Å². The second-order valence-electron chi connectivity index (χ2n) is 8.85. The van der Waals surface area contributed by atoms with Gasteiger partial charge in [0.05, 0.1) is 30.6 Å². The number of nitrogens with zero attached hydrogens (tertiary/aromatic N) is 1. The Labute approximate surface area is 219 Å². The quantitative estimate of drug-likeness (QED) is 0.184. The monoisotopic (exact) mass is 509 g/mol. The summed E-state index contributed by atoms with van der Waals surface area (Å²) in [4.78, 5) is 21.9. The highest BCUT2D eigenvalue weighted by Gasteiger charge is 2.25. The van der Waals surface area contributed by atoms with Gasteiger partial charge in [0.2, 0.25) is 12.3 Å². The number of hydrogen-bond acceptors (Lipinski definition) is 7. The van der Waals surface area contributed by atoms with Crippen LogP contribution in [-0.2, 0) is 20.7 Å². The Kier molecular flexibility index (Phi) is 14.4. The van der Waals surface area contributed by atoms with Gasteiger partial charge in [-0.25, -0.2) is 0 Å². The molecule has 198 valence electrons. The summed E-state index contributed by atoms with van der Waals surface area (Å²) in [5, 5.41) is 33.1. The summed E-state index contributed by atoms with van der Waals surface area (Å²) in [5.74, 6) is -0.530. The second kappa shape index (κ2) is 16.9. The van der Waals surface area contributed by atoms with Gasteiger partial charge in [-0.15, -0.1) is 0 Å². The van der Waals surface area contributed by atoms with Crippen LogP contribution in [0.1, 0.15) is 38.3 Å². The molecule has 1 unspecified atom stereocenters. The smallest absolute Gasteiger partial charge is 0.475 e. The molecule has 0 heterocycles. The van der Waals surface area contributed by atoms with Crippen LogP contribution in [0.5, 0.6) is 5.75 Å². The van der Waals surface area contributed by atoms with Gasteiger partial charge in [-0.2, -0.15) is 5.26 Å². The van der Waals surface area contributed by atoms with Crippen molar-refractivity contribution in [2.24, 2.45) is 0 Å². The van der Waals surface area contributed by atoms with E-state index in [-0.39, 0.29) is 24.5 Å². The molecule has 0 aromatic heterocycles. The number of carbonyl (C=O) groups excluding carboxylic acids is 2. The molecule has 2 rings (SSSR count). The van der Waals surface area contributed by atoms with Gasteiger partial charge in [0, 0.05) is 19.2 Å². The number of benzene rings is 2. The van der Waals surface area contributed by atoms with Gasteiger partial charge in [0.25, 0.3) is 0 Å². The van der Waals surface area contributed by atoms with E-state index in [0.717, 1.165) is 11.1 Å². The molecular formula is C27H36BN3O6. The van der Waals surface area contributed by atoms with E-state index in [9.17, 15) is 19.6 Å². The molecule has 2 aromatic carbocycles. The van der Waals surface area contributed by atoms with Crippen molar-refractivity contribution in [1.29, 1.82) is 5.26 Å². The molecule has 9 nitrogen and oxygen atoms in total. The van der Waals surface area contributed by atoms with Gasteiger partial charge in [0.1, 0.15) is 5.75 Å². The molecule has 0 saturated heterocycles. The van der Waals surface area contributed by atoms with Crippen molar-refractivity contribution in [3.05, 3.63) is 71.3 Å². The van der Waals surface area contributed by atoms with Crippen molar-refractivity contribution >= 4 is 25.5 Å². The molecule has 0 spiro atoms. The van der Waals surface area contributed by atoms with Crippen LogP contribution < -0.4 is 15.4 Å². The van der Waals surface area contributed by atoms with E-state index >= 15 is 0 Å². The van der Waals surface area contributed by atoms with Crippen molar-refractivity contribution in [1.82, 2.24) is 10.6 Å². The van der Waals surface area contributed by atoms with Crippen molar-refractivity contribution in [3.8, 4) is 11.8 Å². The summed E-state index contributed by atoms with van der Waals surface area (Å²) in [7, 11) is -0.0381. The third-order valence-electron chi connectivity index (χ3n) is 5.18. The number of hydrogen-bond donors (Lipinski definition) is 4. The predicted molar refractivity (Wildman–Crippen MR) is 143 cm³/mol. The van der Waals surface area contributed by atoms with Crippen LogP contribution >= 0.6 is 0 Å². The third kappa shape index (κ3) is 13.9. The molecule has 0 saturated carbocycles. The molecule has 0 aliphatic rings. The zero-order valence-electron chi connectivity index (χ0n) is 21.8. The van der Waals surface area contributed by atoms with Crippen LogP contribution in [0, 0.1) is 11.3 Å². The molecule has 4 N–H and O–H groups in total. The lowest BCUT2D eigenvalue weighted by Crippen LogP contribution is -2.48. The van der Waals surface area contributed by atoms with Gasteiger partial charge in [0.15, 0.2) is 0 Å². The lowest BCUT2D eigenvalue weighted by atomic mass is 9.76. The first-order valence-corrected chi connectivity index (χ1v) is 11.8. The fourth-order valence-electron chi connectivity index (χ4n) is 2.98. The van der Waals surface area contributed by atoms with Crippen LogP contribution in [0.3, 0.4) is 0 Å². The molecule has 37 heavy (non-hydrogen) atoms. The first-order valence-electron chi connectivity index (χ1n) is 11.8. The maximum Gasteiger partial charge on any atom is 0.475 e. The van der Waals surface area contributed by atoms with E-state index in [4.69, 9.17) is 14.7 Å². The van der Waals surface area contributed by atoms with Gasteiger partial charge in [-0.3, -0.25) is 9.59 Å². The fourth-order valence-corrected chi connectivity index (χ4v) is 2.98. The Balaban J connectivity index is 0.000000649. The highest BCUT2D eigenvalue weighted by Crippen LogP contribution is 2.16. The Morgan fingerprint density at radius 2 is 1.89 bits per heavy atom. The lowest BCUT2D eigenvalue weighted by molar-refractivity contribution is -0.122. The van der Waals surface area contributed by atoms with Crippen molar-refractivity contribution in [3.63, 3.8) is 0 Å². The molecule has 0 fully saturated rings. The zero-order valence-corrected chi connectivity index (χ0v) is 21.8. The van der Waals surface area contributed by atoms with Crippen molar-refractivity contribution in [2.75, 3.05) is 20.3 Å². The molecule has 1 atom stereocenters. The Morgan fingerprint density at radius 3 is 2.49 bits per heavy atom. The average Bonchev–Trinajstić information content (AvgIpc) is 2.88. The minimum Gasteiger partial charge on any atom is -0.493 e. The highest BCUT2D eigenvalue weighted by molar-refractivity contribution is 6.43. The summed E-state index contributed by atoms with van der Waals surface area (Å²) >= 11 is 0. The van der Waals surface area contributed by atoms with Crippen molar-refractivity contribution < 1.29 is 29.1 Å². The van der Waals surface area contributed by atoms with Crippen molar-refractivity contribution in [2.45, 2.75) is 45.2 Å². The molecule has 0 aliphatic carbocycles. The summed E-state index contributed by atoms with van der Waals surface area (Å²) in [5.41, 5.74) is 2.08. The first kappa shape index (κ1) is 31.4. The van der Waals surface area contributed by atoms with E-state index < -0.39 is 13.1 Å². The minimum absolute atomic E-state index is 0.0787. The SMILES string of the molecule is C/C(C#N)=C/c1cccc(OCCC(=O)NC(Cc2ccccc2)B(O)O)c1.COC(C)(C)CNC=O. The maximum absolute atomic E-state index is 12.1. The highest BCUT2D eigenvalue weighted by atomic mass is 16.5. The number of nitriles is 1. The van der Waals surface area contributed by atoms with Crippen LogP contribution in [0.2, 0.25) is 0 Å². The number of ether oxygens (including phenoxy) is 2. The average molecular weight is 509 g/mol. The number of allylic oxidation sites excluding steroid dienone is 1. The lowest BCUT2D eigenvalue weighted by Gasteiger charge is -2.21. The molecule has 0 bridgehead atoms. The third-order valence-corrected chi connectivity index (χ3v) is 5.18. The minimum atomic E-state index is -1.66. The zero-order chi connectivity index (χ0) is 27.7. The number of methoxy groups -OCH3 is 1. The van der Waals surface area contributed by atoms with E-state index in [1.165, 1.54) is 0 Å². The molecule has 2 aromatic rings. The fraction of sp³-hybridized carbons (Fsp3) is 0.370. The van der Waals surface area contributed by atoms with Crippen LogP contribution in [0.4, 0.5) is 0 Å². The van der Waals surface area contributed by atoms with Gasteiger partial charge < -0.3 is 30.2 Å². The van der Waals surface area contributed by atoms with Crippen LogP contribution in [-0.4, -0.2) is 61.3 Å². The Hall–Kier alpha value is -3.65. The number of rotatable bonds is 13. The summed E-state index contributed by atoms with van der Waals surface area (Å²) in [6, 6.07) is 18.6. The summed E-state index contributed by atoms with van der Waals surface area (Å²) in [6.45, 7) is 6.23. The standard InChI is InChI=1S/C21H23BN2O4.C6H13NO2/c1-16(15-23)12-18-8-5-9-19(13-18)28-11-10-21(25)24-20(22(26)27)14-17-6-3-2-4-7-17;1-6(2,9-3)4-7-5-8/h2-9,12-13,20,26-27H,10-11,14H2,1H3,(H,24,25);5H,4H2,1-3H3,(H,7,8)/b16-12-;. The molecule has 2 amide bonds. The maximum atomic E-state index is 12.1. The van der Waals surface area contributed by atoms with E-state index in [1.807, 2.05) is 56.3 Å². The van der Waals surface area contributed by atoms with Crippen LogP contribution in [0.15, 0.2) is 60.2 Å². The Bertz CT molecular complexity index is 1040. The predicted octanol–water partition coefficient (Wildman–Crippen LogP) is 2.28. The topological polar surface area (TPSA) is 141 Å². The van der Waals surface area contributed by atoms with Crippen LogP contribution in [0.25, 0.3) is 6.08 Å². The normalized spacial score (nSPS) is 11.8. The summed E-state index contributed by atoms with van der Waals surface area (Å²) in [6.07, 6.45) is 2.81. The van der Waals surface area contributed by atoms with E-state index in [1.54, 1.807) is 32.2 Å². The molecular weight excluding hydrogens is 473 g/mol. The number of carbonyl (C=O) groups is 2. The largest absolute Gasteiger partial charge is 0.493 e. The first-order chi connectivity index (χ1) is 17.6. The number of nitrogens with one attached hydrogen (secondary N) is 2. The summed E-state index contributed by atoms with van der Waals surface area (Å²) < 4.78 is 10.6.